The highest BCUT2D eigenvalue weighted by Gasteiger charge is 2.22. The molecule has 5 nitrogen and oxygen atoms in total. The number of H-pyrrole nitrogens is 1. The number of fused-ring (bicyclic) bond motifs is 2. The molecule has 3 N–H and O–H groups in total. The maximum atomic E-state index is 13.4. The van der Waals surface area contributed by atoms with Crippen LogP contribution in [-0.4, -0.2) is 16.9 Å². The third-order valence-electron chi connectivity index (χ3n) is 6.14. The second-order valence-electron chi connectivity index (χ2n) is 8.53. The van der Waals surface area contributed by atoms with E-state index in [2.05, 4.69) is 21.7 Å². The van der Waals surface area contributed by atoms with Crippen molar-refractivity contribution in [2.45, 2.75) is 32.0 Å². The molecule has 3 aromatic carbocycles. The molecule has 5 rings (SSSR count). The molecular formula is C28H26FN3O2. The number of aromatic nitrogens is 1. The number of halogens is 1. The lowest BCUT2D eigenvalue weighted by Gasteiger charge is -2.21. The highest BCUT2D eigenvalue weighted by Crippen LogP contribution is 2.21. The maximum absolute atomic E-state index is 13.4. The summed E-state index contributed by atoms with van der Waals surface area (Å²) in [6, 6.07) is 23.3. The van der Waals surface area contributed by atoms with Gasteiger partial charge in [-0.15, -0.1) is 0 Å². The van der Waals surface area contributed by atoms with E-state index in [4.69, 9.17) is 4.42 Å². The first-order chi connectivity index (χ1) is 16.6. The third kappa shape index (κ3) is 4.72. The SMILES string of the molecule is CC(NC(=O)C(Cc1c[nH]c2ccccc12)NCc1cc2ccccc2o1)c1ccc(F)cc1. The van der Waals surface area contributed by atoms with Crippen LogP contribution in [0.1, 0.15) is 29.9 Å². The Labute approximate surface area is 197 Å². The molecule has 0 spiro atoms. The average molecular weight is 456 g/mol. The summed E-state index contributed by atoms with van der Waals surface area (Å²) in [4.78, 5) is 16.6. The fourth-order valence-electron chi connectivity index (χ4n) is 4.27. The van der Waals surface area contributed by atoms with Gasteiger partial charge in [-0.1, -0.05) is 48.5 Å². The van der Waals surface area contributed by atoms with Crippen molar-refractivity contribution in [1.29, 1.82) is 0 Å². The van der Waals surface area contributed by atoms with Crippen molar-refractivity contribution in [3.05, 3.63) is 108 Å². The van der Waals surface area contributed by atoms with E-state index in [1.54, 1.807) is 12.1 Å². The Kier molecular flexibility index (Phi) is 6.14. The Morgan fingerprint density at radius 2 is 1.79 bits per heavy atom. The number of carbonyl (C=O) groups excluding carboxylic acids is 1. The summed E-state index contributed by atoms with van der Waals surface area (Å²) in [5.41, 5.74) is 3.76. The van der Waals surface area contributed by atoms with E-state index in [9.17, 15) is 9.18 Å². The van der Waals surface area contributed by atoms with Gasteiger partial charge in [-0.3, -0.25) is 10.1 Å². The van der Waals surface area contributed by atoms with Crippen LogP contribution in [0.5, 0.6) is 0 Å². The molecule has 2 aromatic heterocycles. The Bertz CT molecular complexity index is 1390. The molecule has 0 fully saturated rings. The van der Waals surface area contributed by atoms with Crippen molar-refractivity contribution in [2.24, 2.45) is 0 Å². The fourth-order valence-corrected chi connectivity index (χ4v) is 4.27. The Hall–Kier alpha value is -3.90. The zero-order valence-corrected chi connectivity index (χ0v) is 18.8. The molecule has 2 heterocycles. The van der Waals surface area contributed by atoms with Gasteiger partial charge in [0, 0.05) is 22.5 Å². The molecular weight excluding hydrogens is 429 g/mol. The first-order valence-electron chi connectivity index (χ1n) is 11.4. The van der Waals surface area contributed by atoms with E-state index >= 15 is 0 Å². The number of para-hydroxylation sites is 2. The van der Waals surface area contributed by atoms with E-state index in [0.717, 1.165) is 38.8 Å². The molecule has 0 radical (unpaired) electrons. The number of benzene rings is 3. The number of carbonyl (C=O) groups is 1. The predicted molar refractivity (Wildman–Crippen MR) is 132 cm³/mol. The monoisotopic (exact) mass is 455 g/mol. The molecule has 0 bridgehead atoms. The lowest BCUT2D eigenvalue weighted by atomic mass is 10.0. The van der Waals surface area contributed by atoms with Gasteiger partial charge in [0.25, 0.3) is 0 Å². The molecule has 0 aliphatic carbocycles. The van der Waals surface area contributed by atoms with Crippen LogP contribution in [0.25, 0.3) is 21.9 Å². The van der Waals surface area contributed by atoms with Crippen LogP contribution in [0, 0.1) is 5.82 Å². The normalized spacial score (nSPS) is 13.2. The predicted octanol–water partition coefficient (Wildman–Crippen LogP) is 5.63. The van der Waals surface area contributed by atoms with Gasteiger partial charge in [0.15, 0.2) is 0 Å². The summed E-state index contributed by atoms with van der Waals surface area (Å²) < 4.78 is 19.2. The quantitative estimate of drug-likeness (QED) is 0.284. The lowest BCUT2D eigenvalue weighted by molar-refractivity contribution is -0.123. The van der Waals surface area contributed by atoms with Gasteiger partial charge in [-0.2, -0.15) is 0 Å². The number of rotatable bonds is 8. The number of hydrogen-bond acceptors (Lipinski definition) is 3. The van der Waals surface area contributed by atoms with E-state index in [0.29, 0.717) is 13.0 Å². The zero-order valence-electron chi connectivity index (χ0n) is 18.8. The summed E-state index contributed by atoms with van der Waals surface area (Å²) in [5.74, 6) is 0.342. The first kappa shape index (κ1) is 21.9. The van der Waals surface area contributed by atoms with Crippen molar-refractivity contribution in [3.8, 4) is 0 Å². The standard InChI is InChI=1S/C28H26FN3O2/c1-18(19-10-12-22(29)13-11-19)32-28(33)26(15-21-16-30-25-8-4-3-7-24(21)25)31-17-23-14-20-6-2-5-9-27(20)34-23/h2-14,16,18,26,30-31H,15,17H2,1H3,(H,32,33). The van der Waals surface area contributed by atoms with Crippen LogP contribution in [-0.2, 0) is 17.8 Å². The van der Waals surface area contributed by atoms with Gasteiger partial charge in [0.2, 0.25) is 5.91 Å². The number of amides is 1. The molecule has 2 unspecified atom stereocenters. The summed E-state index contributed by atoms with van der Waals surface area (Å²) in [7, 11) is 0. The van der Waals surface area contributed by atoms with Gasteiger partial charge in [0.1, 0.15) is 17.2 Å². The largest absolute Gasteiger partial charge is 0.460 e. The summed E-state index contributed by atoms with van der Waals surface area (Å²) in [6.45, 7) is 2.31. The van der Waals surface area contributed by atoms with E-state index < -0.39 is 6.04 Å². The number of aromatic amines is 1. The van der Waals surface area contributed by atoms with Crippen molar-refractivity contribution < 1.29 is 13.6 Å². The van der Waals surface area contributed by atoms with Crippen molar-refractivity contribution >= 4 is 27.8 Å². The molecule has 0 saturated heterocycles. The molecule has 34 heavy (non-hydrogen) atoms. The first-order valence-corrected chi connectivity index (χ1v) is 11.4. The molecule has 1 amide bonds. The Morgan fingerprint density at radius 3 is 2.62 bits per heavy atom. The minimum absolute atomic E-state index is 0.127. The second-order valence-corrected chi connectivity index (χ2v) is 8.53. The van der Waals surface area contributed by atoms with Crippen LogP contribution < -0.4 is 10.6 Å². The highest BCUT2D eigenvalue weighted by atomic mass is 19.1. The molecule has 5 aromatic rings. The molecule has 172 valence electrons. The van der Waals surface area contributed by atoms with Gasteiger partial charge >= 0.3 is 0 Å². The average Bonchev–Trinajstić information content (AvgIpc) is 3.45. The van der Waals surface area contributed by atoms with Crippen molar-refractivity contribution in [3.63, 3.8) is 0 Å². The summed E-state index contributed by atoms with van der Waals surface area (Å²) >= 11 is 0. The topological polar surface area (TPSA) is 70.1 Å². The molecule has 6 heteroatoms. The minimum Gasteiger partial charge on any atom is -0.460 e. The molecule has 0 aliphatic rings. The van der Waals surface area contributed by atoms with Crippen LogP contribution in [0.15, 0.2) is 89.5 Å². The zero-order chi connectivity index (χ0) is 23.5. The summed E-state index contributed by atoms with van der Waals surface area (Å²) in [6.07, 6.45) is 2.46. The van der Waals surface area contributed by atoms with Crippen LogP contribution in [0.2, 0.25) is 0 Å². The van der Waals surface area contributed by atoms with Crippen molar-refractivity contribution in [2.75, 3.05) is 0 Å². The smallest absolute Gasteiger partial charge is 0.237 e. The summed E-state index contributed by atoms with van der Waals surface area (Å²) in [5, 5.41) is 8.58. The fraction of sp³-hybridized carbons (Fsp3) is 0.179. The third-order valence-corrected chi connectivity index (χ3v) is 6.14. The Morgan fingerprint density at radius 1 is 1.03 bits per heavy atom. The maximum Gasteiger partial charge on any atom is 0.237 e. The Balaban J connectivity index is 1.36. The number of hydrogen-bond donors (Lipinski definition) is 3. The van der Waals surface area contributed by atoms with Gasteiger partial charge in [-0.05, 0) is 54.8 Å². The van der Waals surface area contributed by atoms with Gasteiger partial charge in [0.05, 0.1) is 18.6 Å². The second kappa shape index (κ2) is 9.53. The van der Waals surface area contributed by atoms with Gasteiger partial charge < -0.3 is 14.7 Å². The molecule has 0 saturated carbocycles. The van der Waals surface area contributed by atoms with Crippen molar-refractivity contribution in [1.82, 2.24) is 15.6 Å². The van der Waals surface area contributed by atoms with Crippen LogP contribution in [0.4, 0.5) is 4.39 Å². The number of nitrogens with one attached hydrogen (secondary N) is 3. The van der Waals surface area contributed by atoms with E-state index in [1.807, 2.05) is 61.7 Å². The number of furan rings is 1. The van der Waals surface area contributed by atoms with Gasteiger partial charge in [-0.25, -0.2) is 4.39 Å². The lowest BCUT2D eigenvalue weighted by Crippen LogP contribution is -2.46. The highest BCUT2D eigenvalue weighted by molar-refractivity contribution is 5.86. The van der Waals surface area contributed by atoms with Crippen LogP contribution in [0.3, 0.4) is 0 Å². The van der Waals surface area contributed by atoms with E-state index in [-0.39, 0.29) is 17.8 Å². The minimum atomic E-state index is -0.490. The van der Waals surface area contributed by atoms with E-state index in [1.165, 1.54) is 12.1 Å². The molecule has 2 atom stereocenters. The molecule has 0 aliphatic heterocycles. The van der Waals surface area contributed by atoms with Crippen LogP contribution >= 0.6 is 0 Å².